The standard InChI is InChI=1S/C8H16N2O2/c1-8(2)6(9)4-5-10(8)7(11)12-3/h6H,4-5,9H2,1-3H3. The summed E-state index contributed by atoms with van der Waals surface area (Å²) in [5.41, 5.74) is 5.58. The summed E-state index contributed by atoms with van der Waals surface area (Å²) in [6, 6.07) is 0.0524. The van der Waals surface area contributed by atoms with E-state index in [1.54, 1.807) is 4.90 Å². The first-order chi connectivity index (χ1) is 5.50. The van der Waals surface area contributed by atoms with Crippen LogP contribution in [0.4, 0.5) is 4.79 Å². The molecule has 1 unspecified atom stereocenters. The molecule has 0 spiro atoms. The minimum Gasteiger partial charge on any atom is -0.453 e. The third-order valence-electron chi connectivity index (χ3n) is 2.66. The summed E-state index contributed by atoms with van der Waals surface area (Å²) in [5, 5.41) is 0. The van der Waals surface area contributed by atoms with Crippen LogP contribution in [0.3, 0.4) is 0 Å². The molecular formula is C8H16N2O2. The highest BCUT2D eigenvalue weighted by Gasteiger charge is 2.42. The van der Waals surface area contributed by atoms with Crippen LogP contribution in [-0.2, 0) is 4.74 Å². The van der Waals surface area contributed by atoms with Gasteiger partial charge in [0.05, 0.1) is 12.6 Å². The van der Waals surface area contributed by atoms with Crippen LogP contribution in [0.25, 0.3) is 0 Å². The molecular weight excluding hydrogens is 156 g/mol. The summed E-state index contributed by atoms with van der Waals surface area (Å²) in [5.74, 6) is 0. The lowest BCUT2D eigenvalue weighted by Crippen LogP contribution is -2.51. The van der Waals surface area contributed by atoms with Crippen LogP contribution in [0.2, 0.25) is 0 Å². The molecule has 0 aromatic carbocycles. The Hall–Kier alpha value is -0.770. The number of amides is 1. The number of carbonyl (C=O) groups excluding carboxylic acids is 1. The predicted molar refractivity (Wildman–Crippen MR) is 45.8 cm³/mol. The molecule has 4 nitrogen and oxygen atoms in total. The number of rotatable bonds is 0. The van der Waals surface area contributed by atoms with Gasteiger partial charge in [-0.25, -0.2) is 4.79 Å². The Balaban J connectivity index is 2.74. The lowest BCUT2D eigenvalue weighted by molar-refractivity contribution is 0.0949. The summed E-state index contributed by atoms with van der Waals surface area (Å²) < 4.78 is 4.65. The maximum absolute atomic E-state index is 11.2. The van der Waals surface area contributed by atoms with Crippen molar-refractivity contribution in [3.8, 4) is 0 Å². The van der Waals surface area contributed by atoms with Gasteiger partial charge < -0.3 is 15.4 Å². The van der Waals surface area contributed by atoms with E-state index in [1.165, 1.54) is 7.11 Å². The monoisotopic (exact) mass is 172 g/mol. The molecule has 70 valence electrons. The second-order valence-electron chi connectivity index (χ2n) is 3.67. The molecule has 1 fully saturated rings. The Labute approximate surface area is 72.7 Å². The van der Waals surface area contributed by atoms with E-state index < -0.39 is 0 Å². The summed E-state index contributed by atoms with van der Waals surface area (Å²) in [6.07, 6.45) is 0.565. The van der Waals surface area contributed by atoms with Crippen molar-refractivity contribution < 1.29 is 9.53 Å². The van der Waals surface area contributed by atoms with Gasteiger partial charge in [-0.05, 0) is 20.3 Å². The quantitative estimate of drug-likeness (QED) is 0.581. The van der Waals surface area contributed by atoms with Crippen LogP contribution in [-0.4, -0.2) is 36.2 Å². The van der Waals surface area contributed by atoms with Gasteiger partial charge in [-0.1, -0.05) is 0 Å². The van der Waals surface area contributed by atoms with Crippen molar-refractivity contribution in [1.82, 2.24) is 4.90 Å². The van der Waals surface area contributed by atoms with E-state index in [-0.39, 0.29) is 17.7 Å². The van der Waals surface area contributed by atoms with E-state index >= 15 is 0 Å². The molecule has 0 bridgehead atoms. The Morgan fingerprint density at radius 3 is 2.58 bits per heavy atom. The lowest BCUT2D eigenvalue weighted by atomic mass is 9.97. The molecule has 1 amide bonds. The second kappa shape index (κ2) is 2.94. The van der Waals surface area contributed by atoms with Gasteiger partial charge in [0.25, 0.3) is 0 Å². The van der Waals surface area contributed by atoms with E-state index in [0.717, 1.165) is 6.42 Å². The van der Waals surface area contributed by atoms with Gasteiger partial charge in [0.2, 0.25) is 0 Å². The van der Waals surface area contributed by atoms with Gasteiger partial charge in [-0.15, -0.1) is 0 Å². The number of hydrogen-bond acceptors (Lipinski definition) is 3. The molecule has 4 heteroatoms. The van der Waals surface area contributed by atoms with E-state index in [4.69, 9.17) is 5.73 Å². The van der Waals surface area contributed by atoms with E-state index in [2.05, 4.69) is 4.74 Å². The van der Waals surface area contributed by atoms with Gasteiger partial charge in [-0.3, -0.25) is 0 Å². The largest absolute Gasteiger partial charge is 0.453 e. The van der Waals surface area contributed by atoms with Crippen molar-refractivity contribution in [2.45, 2.75) is 31.8 Å². The molecule has 1 rings (SSSR count). The molecule has 0 aromatic rings. The number of nitrogens with two attached hydrogens (primary N) is 1. The number of nitrogens with zero attached hydrogens (tertiary/aromatic N) is 1. The van der Waals surface area contributed by atoms with E-state index in [1.807, 2.05) is 13.8 Å². The van der Waals surface area contributed by atoms with E-state index in [9.17, 15) is 4.79 Å². The van der Waals surface area contributed by atoms with Gasteiger partial charge in [0, 0.05) is 12.6 Å². The molecule has 1 atom stereocenters. The number of hydrogen-bond donors (Lipinski definition) is 1. The highest BCUT2D eigenvalue weighted by molar-refractivity contribution is 5.69. The molecule has 0 radical (unpaired) electrons. The third-order valence-corrected chi connectivity index (χ3v) is 2.66. The summed E-state index contributed by atoms with van der Waals surface area (Å²) >= 11 is 0. The van der Waals surface area contributed by atoms with Crippen molar-refractivity contribution in [3.05, 3.63) is 0 Å². The third kappa shape index (κ3) is 1.27. The predicted octanol–water partition coefficient (Wildman–Crippen LogP) is 0.564. The zero-order chi connectivity index (χ0) is 9.35. The fourth-order valence-electron chi connectivity index (χ4n) is 1.55. The molecule has 0 aromatic heterocycles. The van der Waals surface area contributed by atoms with Crippen molar-refractivity contribution in [3.63, 3.8) is 0 Å². The Kier molecular flexibility index (Phi) is 2.28. The molecule has 1 saturated heterocycles. The summed E-state index contributed by atoms with van der Waals surface area (Å²) in [7, 11) is 1.39. The Morgan fingerprint density at radius 1 is 1.67 bits per heavy atom. The van der Waals surface area contributed by atoms with Gasteiger partial charge in [0.1, 0.15) is 0 Å². The van der Waals surface area contributed by atoms with Crippen LogP contribution in [0.5, 0.6) is 0 Å². The molecule has 1 aliphatic heterocycles. The average molecular weight is 172 g/mol. The van der Waals surface area contributed by atoms with Crippen molar-refractivity contribution >= 4 is 6.09 Å². The first-order valence-electron chi connectivity index (χ1n) is 4.11. The van der Waals surface area contributed by atoms with Gasteiger partial charge in [-0.2, -0.15) is 0 Å². The highest BCUT2D eigenvalue weighted by Crippen LogP contribution is 2.27. The lowest BCUT2D eigenvalue weighted by Gasteiger charge is -2.33. The van der Waals surface area contributed by atoms with Gasteiger partial charge >= 0.3 is 6.09 Å². The van der Waals surface area contributed by atoms with E-state index in [0.29, 0.717) is 6.54 Å². The second-order valence-corrected chi connectivity index (χ2v) is 3.67. The molecule has 1 heterocycles. The van der Waals surface area contributed by atoms with Crippen molar-refractivity contribution in [2.75, 3.05) is 13.7 Å². The Morgan fingerprint density at radius 2 is 2.25 bits per heavy atom. The number of methoxy groups -OCH3 is 1. The van der Waals surface area contributed by atoms with Crippen molar-refractivity contribution in [1.29, 1.82) is 0 Å². The van der Waals surface area contributed by atoms with Crippen molar-refractivity contribution in [2.24, 2.45) is 5.73 Å². The molecule has 0 saturated carbocycles. The smallest absolute Gasteiger partial charge is 0.409 e. The minimum atomic E-state index is -0.284. The Bertz CT molecular complexity index is 191. The summed E-state index contributed by atoms with van der Waals surface area (Å²) in [4.78, 5) is 12.9. The van der Waals surface area contributed by atoms with Crippen LogP contribution < -0.4 is 5.73 Å². The zero-order valence-electron chi connectivity index (χ0n) is 7.83. The maximum atomic E-state index is 11.2. The number of ether oxygens (including phenoxy) is 1. The molecule has 12 heavy (non-hydrogen) atoms. The summed E-state index contributed by atoms with van der Waals surface area (Å²) in [6.45, 7) is 4.62. The zero-order valence-corrected chi connectivity index (χ0v) is 7.83. The first kappa shape index (κ1) is 9.32. The number of carbonyl (C=O) groups is 1. The molecule has 1 aliphatic rings. The van der Waals surface area contributed by atoms with Crippen LogP contribution >= 0.6 is 0 Å². The SMILES string of the molecule is COC(=O)N1CCC(N)C1(C)C. The topological polar surface area (TPSA) is 55.6 Å². The number of likely N-dealkylation sites (tertiary alicyclic amines) is 1. The fourth-order valence-corrected chi connectivity index (χ4v) is 1.55. The van der Waals surface area contributed by atoms with Crippen LogP contribution in [0.1, 0.15) is 20.3 Å². The van der Waals surface area contributed by atoms with Crippen LogP contribution in [0.15, 0.2) is 0 Å². The molecule has 0 aliphatic carbocycles. The maximum Gasteiger partial charge on any atom is 0.409 e. The normalized spacial score (nSPS) is 27.3. The average Bonchev–Trinajstić information content (AvgIpc) is 2.27. The van der Waals surface area contributed by atoms with Crippen LogP contribution in [0, 0.1) is 0 Å². The highest BCUT2D eigenvalue weighted by atomic mass is 16.5. The fraction of sp³-hybridized carbons (Fsp3) is 0.875. The van der Waals surface area contributed by atoms with Gasteiger partial charge in [0.15, 0.2) is 0 Å². The molecule has 2 N–H and O–H groups in total. The minimum absolute atomic E-state index is 0.0524. The first-order valence-corrected chi connectivity index (χ1v) is 4.11.